The Bertz CT molecular complexity index is 3220. The molecular formula is C77H107N3O18. The van der Waals surface area contributed by atoms with Gasteiger partial charge in [0.1, 0.15) is 17.3 Å². The predicted molar refractivity (Wildman–Crippen MR) is 374 cm³/mol. The summed E-state index contributed by atoms with van der Waals surface area (Å²) in [5, 5.41) is 3.43. The van der Waals surface area contributed by atoms with Crippen LogP contribution in [0.15, 0.2) is 75.2 Å². The highest BCUT2D eigenvalue weighted by Crippen LogP contribution is 2.40. The number of aliphatic imine (C=N–C) groups is 1. The number of amides is 1. The number of allylic oxidation sites excluding steroid dienone is 6. The number of unbranched alkanes of at least 4 members (excludes halogenated alkanes) is 2. The van der Waals surface area contributed by atoms with Gasteiger partial charge in [-0.3, -0.25) is 38.7 Å². The van der Waals surface area contributed by atoms with E-state index in [-0.39, 0.29) is 71.9 Å². The summed E-state index contributed by atoms with van der Waals surface area (Å²) in [6, 6.07) is 6.99. The van der Waals surface area contributed by atoms with Gasteiger partial charge < -0.3 is 62.2 Å². The van der Waals surface area contributed by atoms with Crippen molar-refractivity contribution in [1.82, 2.24) is 10.3 Å². The van der Waals surface area contributed by atoms with E-state index in [0.29, 0.717) is 228 Å². The molecule has 8 rings (SSSR count). The number of fused-ring (bicyclic) bond motifs is 4. The summed E-state index contributed by atoms with van der Waals surface area (Å²) in [5.74, 6) is 2.16. The molecule has 5 aliphatic rings. The minimum Gasteiger partial charge on any atom is -0.493 e. The standard InChI is InChI=1S/C77H107N3O18/c1-55-18-21-63-61(43-55)54-80-68-52-74(72(87-3)50-66(68)77(63)86)96-25-11-8-12-26-97-75-51-67-65(71(84)47-59-44-56(2)45-60(59)53-79-67)49-73(75)98-27-14-23-78-76(85)22-28-89-30-32-91-34-36-93-38-40-95-42-41-94-39-37-92-35-33-90-31-29-88-24-13-17-62(81)20-19-58-46-70(83)64(48-69(58)82)57-15-9-6-4-5-7-10-16-57/h18,44,47,49-54,57-58,60,64H,4-17,19-43,45-46,48H2,1-3H3,(H,78,85). The molecule has 0 spiro atoms. The first-order chi connectivity index (χ1) is 47.9. The van der Waals surface area contributed by atoms with Crippen molar-refractivity contribution in [2.75, 3.05) is 139 Å². The Labute approximate surface area is 578 Å². The first kappa shape index (κ1) is 77.2. The maximum atomic E-state index is 13.6. The topological polar surface area (TPSA) is 250 Å². The predicted octanol–water partition coefficient (Wildman–Crippen LogP) is 11.5. The van der Waals surface area contributed by atoms with Gasteiger partial charge in [-0.2, -0.15) is 0 Å². The first-order valence-corrected chi connectivity index (χ1v) is 36.1. The number of nitrogens with one attached hydrogen (secondary N) is 1. The van der Waals surface area contributed by atoms with Gasteiger partial charge >= 0.3 is 0 Å². The zero-order chi connectivity index (χ0) is 68.9. The monoisotopic (exact) mass is 1360 g/mol. The number of Topliss-reactive ketones (excluding diaryl/α,β-unsaturated/α-hetero) is 3. The van der Waals surface area contributed by atoms with E-state index in [9.17, 15) is 28.8 Å². The molecule has 3 aromatic rings. The van der Waals surface area contributed by atoms with Crippen LogP contribution < -0.4 is 29.7 Å². The van der Waals surface area contributed by atoms with Gasteiger partial charge in [-0.15, -0.1) is 0 Å². The summed E-state index contributed by atoms with van der Waals surface area (Å²) in [6.07, 6.45) is 26.6. The highest BCUT2D eigenvalue weighted by atomic mass is 16.6. The molecule has 3 atom stereocenters. The maximum absolute atomic E-state index is 13.6. The van der Waals surface area contributed by atoms with Crippen LogP contribution >= 0.6 is 0 Å². The number of carbonyl (C=O) groups is 5. The molecule has 1 N–H and O–H groups in total. The normalized spacial score (nSPS) is 18.1. The number of hydrogen-bond donors (Lipinski definition) is 1. The van der Waals surface area contributed by atoms with Gasteiger partial charge in [-0.05, 0) is 120 Å². The molecule has 0 radical (unpaired) electrons. The third-order valence-corrected chi connectivity index (χ3v) is 18.6. The summed E-state index contributed by atoms with van der Waals surface area (Å²) in [4.78, 5) is 87.9. The summed E-state index contributed by atoms with van der Waals surface area (Å²) in [6.45, 7) is 12.2. The van der Waals surface area contributed by atoms with Gasteiger partial charge in [0.05, 0.1) is 148 Å². The third kappa shape index (κ3) is 26.5. The summed E-state index contributed by atoms with van der Waals surface area (Å²) >= 11 is 0. The van der Waals surface area contributed by atoms with Gasteiger partial charge in [-0.25, -0.2) is 0 Å². The third-order valence-electron chi connectivity index (χ3n) is 18.6. The molecule has 0 bridgehead atoms. The van der Waals surface area contributed by atoms with Crippen LogP contribution in [0.1, 0.15) is 164 Å². The maximum Gasteiger partial charge on any atom is 0.222 e. The Hall–Kier alpha value is -6.56. The zero-order valence-electron chi connectivity index (χ0n) is 58.4. The van der Waals surface area contributed by atoms with Crippen LogP contribution in [-0.2, 0) is 69.9 Å². The Balaban J connectivity index is 0.577. The number of rotatable bonds is 46. The van der Waals surface area contributed by atoms with Crippen molar-refractivity contribution >= 4 is 51.8 Å². The van der Waals surface area contributed by atoms with E-state index in [0.717, 1.165) is 68.1 Å². The van der Waals surface area contributed by atoms with Crippen LogP contribution in [0.2, 0.25) is 0 Å². The summed E-state index contributed by atoms with van der Waals surface area (Å²) < 4.78 is 69.1. The number of methoxy groups -OCH3 is 1. The van der Waals surface area contributed by atoms with Crippen LogP contribution in [0, 0.1) is 23.7 Å². The molecule has 21 heteroatoms. The van der Waals surface area contributed by atoms with Gasteiger partial charge in [0.25, 0.3) is 0 Å². The average Bonchev–Trinajstić information content (AvgIpc) is 1.51. The second kappa shape index (κ2) is 43.9. The molecule has 538 valence electrons. The Kier molecular flexibility index (Phi) is 34.5. The number of ketones is 4. The fourth-order valence-corrected chi connectivity index (χ4v) is 13.1. The molecule has 4 aliphatic carbocycles. The number of aromatic nitrogens is 1. The van der Waals surface area contributed by atoms with Crippen LogP contribution in [0.25, 0.3) is 10.9 Å². The number of ether oxygens (including phenoxy) is 12. The molecule has 0 saturated heterocycles. The fraction of sp³-hybridized carbons (Fsp3) is 0.636. The Morgan fingerprint density at radius 2 is 1.13 bits per heavy atom. The minimum atomic E-state index is -0.300. The molecule has 3 unspecified atom stereocenters. The SMILES string of the molecule is COc1cc2c(=O)c3c(cnc2cc1OCCCCCOc1cc2c(cc1OCCCNC(=O)CCOCCOCCOCCOCCOCCOCCOCCOCCCC(=O)CCC1CC(=O)C(C4CCCCCCCC4)CC1=O)C(=O)C=C1C=C(C)CC1C=N2)CC(C)=CC3. The van der Waals surface area contributed by atoms with Crippen LogP contribution in [0.4, 0.5) is 5.69 Å². The lowest BCUT2D eigenvalue weighted by molar-refractivity contribution is -0.139. The zero-order valence-corrected chi connectivity index (χ0v) is 58.4. The van der Waals surface area contributed by atoms with E-state index in [1.807, 2.05) is 6.21 Å². The van der Waals surface area contributed by atoms with Gasteiger partial charge in [0.2, 0.25) is 5.91 Å². The van der Waals surface area contributed by atoms with Gasteiger partial charge in [0, 0.05) is 93.1 Å². The van der Waals surface area contributed by atoms with E-state index in [4.69, 9.17) is 61.8 Å². The molecular weight excluding hydrogens is 1250 g/mol. The van der Waals surface area contributed by atoms with Crippen molar-refractivity contribution in [3.05, 3.63) is 92.3 Å². The quantitative estimate of drug-likeness (QED) is 0.0408. The van der Waals surface area contributed by atoms with Crippen molar-refractivity contribution < 1.29 is 80.8 Å². The van der Waals surface area contributed by atoms with E-state index in [1.54, 1.807) is 43.6 Å². The first-order valence-electron chi connectivity index (χ1n) is 36.1. The van der Waals surface area contributed by atoms with Crippen molar-refractivity contribution in [2.24, 2.45) is 28.7 Å². The van der Waals surface area contributed by atoms with Crippen LogP contribution in [0.5, 0.6) is 23.0 Å². The lowest BCUT2D eigenvalue weighted by Gasteiger charge is -2.32. The molecule has 2 heterocycles. The van der Waals surface area contributed by atoms with Gasteiger partial charge in [-0.1, -0.05) is 61.8 Å². The molecule has 21 nitrogen and oxygen atoms in total. The smallest absolute Gasteiger partial charge is 0.222 e. The molecule has 2 fully saturated rings. The van der Waals surface area contributed by atoms with Gasteiger partial charge in [0.15, 0.2) is 34.2 Å². The molecule has 1 aromatic heterocycles. The number of carbonyl (C=O) groups excluding carboxylic acids is 5. The molecule has 1 aliphatic heterocycles. The van der Waals surface area contributed by atoms with E-state index in [1.165, 1.54) is 36.8 Å². The highest BCUT2D eigenvalue weighted by molar-refractivity contribution is 6.10. The minimum absolute atomic E-state index is 0.0296. The number of benzene rings is 2. The second-order valence-electron chi connectivity index (χ2n) is 26.2. The van der Waals surface area contributed by atoms with E-state index < -0.39 is 0 Å². The molecule has 1 amide bonds. The lowest BCUT2D eigenvalue weighted by atomic mass is 9.70. The number of hydrogen-bond acceptors (Lipinski definition) is 20. The second-order valence-corrected chi connectivity index (χ2v) is 26.2. The lowest BCUT2D eigenvalue weighted by Crippen LogP contribution is -2.36. The largest absolute Gasteiger partial charge is 0.493 e. The van der Waals surface area contributed by atoms with Crippen molar-refractivity contribution in [3.8, 4) is 23.0 Å². The Morgan fingerprint density at radius 1 is 0.551 bits per heavy atom. The van der Waals surface area contributed by atoms with Crippen molar-refractivity contribution in [3.63, 3.8) is 0 Å². The Morgan fingerprint density at radius 3 is 1.77 bits per heavy atom. The summed E-state index contributed by atoms with van der Waals surface area (Å²) in [5.41, 5.74) is 6.58. The molecule has 98 heavy (non-hydrogen) atoms. The van der Waals surface area contributed by atoms with Crippen LogP contribution in [0.3, 0.4) is 0 Å². The van der Waals surface area contributed by atoms with Crippen LogP contribution in [-0.4, -0.2) is 179 Å². The van der Waals surface area contributed by atoms with Crippen molar-refractivity contribution in [1.29, 1.82) is 0 Å². The average molecular weight is 1360 g/mol. The van der Waals surface area contributed by atoms with E-state index in [2.05, 4.69) is 36.3 Å². The molecule has 2 saturated carbocycles. The van der Waals surface area contributed by atoms with Crippen molar-refractivity contribution in [2.45, 2.75) is 155 Å². The highest BCUT2D eigenvalue weighted by Gasteiger charge is 2.38. The molecule has 2 aromatic carbocycles. The summed E-state index contributed by atoms with van der Waals surface area (Å²) in [7, 11) is 1.57. The van der Waals surface area contributed by atoms with E-state index >= 15 is 0 Å². The fourth-order valence-electron chi connectivity index (χ4n) is 13.1. The number of nitrogens with zero attached hydrogens (tertiary/aromatic N) is 2.